The van der Waals surface area contributed by atoms with Crippen molar-refractivity contribution in [2.24, 2.45) is 0 Å². The Morgan fingerprint density at radius 2 is 1.82 bits per heavy atom. The van der Waals surface area contributed by atoms with Crippen LogP contribution in [0.15, 0.2) is 82.7 Å². The van der Waals surface area contributed by atoms with Gasteiger partial charge in [-0.3, -0.25) is 18.9 Å². The summed E-state index contributed by atoms with van der Waals surface area (Å²) in [5.74, 6) is -0.878. The maximum absolute atomic E-state index is 13.2. The Morgan fingerprint density at radius 3 is 2.56 bits per heavy atom. The number of anilines is 2. The second-order valence-electron chi connectivity index (χ2n) is 7.22. The molecule has 0 radical (unpaired) electrons. The van der Waals surface area contributed by atoms with Gasteiger partial charge in [-0.15, -0.1) is 0 Å². The van der Waals surface area contributed by atoms with Gasteiger partial charge >= 0.3 is 0 Å². The monoisotopic (exact) mass is 482 g/mol. The van der Waals surface area contributed by atoms with Crippen LogP contribution in [-0.4, -0.2) is 31.0 Å². The normalized spacial score (nSPS) is 11.2. The van der Waals surface area contributed by atoms with Crippen molar-refractivity contribution in [2.45, 2.75) is 11.4 Å². The maximum Gasteiger partial charge on any atom is 0.262 e. The lowest BCUT2D eigenvalue weighted by atomic mass is 10.2. The summed E-state index contributed by atoms with van der Waals surface area (Å²) in [5.41, 5.74) is 0.499. The minimum absolute atomic E-state index is 0.0640. The molecule has 9 nitrogen and oxygen atoms in total. The number of ether oxygens (including phenoxy) is 1. The number of amides is 1. The molecule has 0 fully saturated rings. The average Bonchev–Trinajstić information content (AvgIpc) is 2.81. The molecule has 34 heavy (non-hydrogen) atoms. The SMILES string of the molecule is COc1ccc(NC(=O)Cn2cnc3ccccc3c2=O)cc1NS(=O)(=O)c1ccc(F)cc1. The molecule has 4 aromatic rings. The van der Waals surface area contributed by atoms with E-state index in [2.05, 4.69) is 15.0 Å². The third kappa shape index (κ3) is 4.89. The molecule has 11 heteroatoms. The number of halogens is 1. The number of hydrogen-bond acceptors (Lipinski definition) is 6. The van der Waals surface area contributed by atoms with Gasteiger partial charge in [-0.25, -0.2) is 17.8 Å². The van der Waals surface area contributed by atoms with E-state index in [1.54, 1.807) is 24.3 Å². The third-order valence-corrected chi connectivity index (χ3v) is 6.28. The summed E-state index contributed by atoms with van der Waals surface area (Å²) in [6, 6.07) is 15.5. The molecular weight excluding hydrogens is 463 g/mol. The number of hydrogen-bond donors (Lipinski definition) is 2. The molecule has 0 aliphatic carbocycles. The van der Waals surface area contributed by atoms with Gasteiger partial charge in [0.05, 0.1) is 34.9 Å². The molecule has 0 saturated carbocycles. The van der Waals surface area contributed by atoms with Crippen LogP contribution in [0.1, 0.15) is 0 Å². The minimum Gasteiger partial charge on any atom is -0.495 e. The highest BCUT2D eigenvalue weighted by atomic mass is 32.2. The second kappa shape index (κ2) is 9.32. The van der Waals surface area contributed by atoms with Crippen molar-refractivity contribution in [3.05, 3.63) is 89.2 Å². The van der Waals surface area contributed by atoms with Crippen molar-refractivity contribution in [1.82, 2.24) is 9.55 Å². The van der Waals surface area contributed by atoms with Gasteiger partial charge in [-0.2, -0.15) is 0 Å². The molecule has 4 rings (SSSR count). The van der Waals surface area contributed by atoms with Crippen molar-refractivity contribution >= 4 is 38.2 Å². The van der Waals surface area contributed by atoms with E-state index in [-0.39, 0.29) is 34.1 Å². The molecule has 3 aromatic carbocycles. The number of rotatable bonds is 7. The molecule has 1 amide bonds. The lowest BCUT2D eigenvalue weighted by Crippen LogP contribution is -2.27. The first-order chi connectivity index (χ1) is 16.3. The zero-order valence-corrected chi connectivity index (χ0v) is 18.7. The van der Waals surface area contributed by atoms with Crippen LogP contribution < -0.4 is 20.3 Å². The number of fused-ring (bicyclic) bond motifs is 1. The summed E-state index contributed by atoms with van der Waals surface area (Å²) in [6.07, 6.45) is 1.29. The highest BCUT2D eigenvalue weighted by molar-refractivity contribution is 7.92. The topological polar surface area (TPSA) is 119 Å². The number of benzene rings is 3. The van der Waals surface area contributed by atoms with Crippen molar-refractivity contribution in [2.75, 3.05) is 17.1 Å². The molecule has 0 saturated heterocycles. The second-order valence-corrected chi connectivity index (χ2v) is 8.90. The first-order valence-electron chi connectivity index (χ1n) is 9.97. The summed E-state index contributed by atoms with van der Waals surface area (Å²) in [7, 11) is -2.68. The van der Waals surface area contributed by atoms with E-state index in [0.717, 1.165) is 24.3 Å². The zero-order chi connectivity index (χ0) is 24.3. The van der Waals surface area contributed by atoms with Crippen LogP contribution in [0.3, 0.4) is 0 Å². The van der Waals surface area contributed by atoms with Crippen molar-refractivity contribution in [3.8, 4) is 5.75 Å². The molecule has 174 valence electrons. The zero-order valence-electron chi connectivity index (χ0n) is 17.9. The number of para-hydroxylation sites is 1. The van der Waals surface area contributed by atoms with E-state index < -0.39 is 21.7 Å². The first-order valence-corrected chi connectivity index (χ1v) is 11.5. The predicted molar refractivity (Wildman–Crippen MR) is 125 cm³/mol. The van der Waals surface area contributed by atoms with Crippen LogP contribution in [-0.2, 0) is 21.4 Å². The summed E-state index contributed by atoms with van der Waals surface area (Å²) in [4.78, 5) is 29.2. The fraction of sp³-hybridized carbons (Fsp3) is 0.0870. The predicted octanol–water partition coefficient (Wildman–Crippen LogP) is 2.98. The van der Waals surface area contributed by atoms with Gasteiger partial charge < -0.3 is 10.1 Å². The van der Waals surface area contributed by atoms with E-state index in [9.17, 15) is 22.4 Å². The smallest absolute Gasteiger partial charge is 0.262 e. The highest BCUT2D eigenvalue weighted by Crippen LogP contribution is 2.30. The van der Waals surface area contributed by atoms with Crippen LogP contribution in [0, 0.1) is 5.82 Å². The number of nitrogens with one attached hydrogen (secondary N) is 2. The molecule has 0 aliphatic rings. The van der Waals surface area contributed by atoms with Crippen LogP contribution in [0.2, 0.25) is 0 Å². The largest absolute Gasteiger partial charge is 0.495 e. The number of aromatic nitrogens is 2. The summed E-state index contributed by atoms with van der Waals surface area (Å²) in [5, 5.41) is 3.01. The minimum atomic E-state index is -4.05. The van der Waals surface area contributed by atoms with E-state index in [1.807, 2.05) is 0 Å². The van der Waals surface area contributed by atoms with E-state index in [4.69, 9.17) is 4.74 Å². The molecule has 0 aliphatic heterocycles. The van der Waals surface area contributed by atoms with Crippen molar-refractivity contribution < 1.29 is 22.3 Å². The molecule has 0 atom stereocenters. The van der Waals surface area contributed by atoms with Gasteiger partial charge in [0, 0.05) is 5.69 Å². The van der Waals surface area contributed by atoms with Gasteiger partial charge in [-0.05, 0) is 54.6 Å². The quantitative estimate of drug-likeness (QED) is 0.418. The van der Waals surface area contributed by atoms with Gasteiger partial charge in [0.1, 0.15) is 18.1 Å². The van der Waals surface area contributed by atoms with Gasteiger partial charge in [0.2, 0.25) is 5.91 Å². The number of nitrogens with zero attached hydrogens (tertiary/aromatic N) is 2. The van der Waals surface area contributed by atoms with Gasteiger partial charge in [0.25, 0.3) is 15.6 Å². The Hall–Kier alpha value is -4.25. The van der Waals surface area contributed by atoms with E-state index >= 15 is 0 Å². The number of carbonyl (C=O) groups excluding carboxylic acids is 1. The Labute approximate surface area is 193 Å². The third-order valence-electron chi connectivity index (χ3n) is 4.90. The lowest BCUT2D eigenvalue weighted by molar-refractivity contribution is -0.116. The molecule has 0 spiro atoms. The Kier molecular flexibility index (Phi) is 6.28. The molecular formula is C23H19FN4O5S. The average molecular weight is 482 g/mol. The van der Waals surface area contributed by atoms with Crippen molar-refractivity contribution in [1.29, 1.82) is 0 Å². The number of carbonyl (C=O) groups is 1. The van der Waals surface area contributed by atoms with Gasteiger partial charge in [-0.1, -0.05) is 12.1 Å². The van der Waals surface area contributed by atoms with E-state index in [0.29, 0.717) is 10.9 Å². The molecule has 2 N–H and O–H groups in total. The van der Waals surface area contributed by atoms with Crippen LogP contribution in [0.25, 0.3) is 10.9 Å². The lowest BCUT2D eigenvalue weighted by Gasteiger charge is -2.14. The fourth-order valence-corrected chi connectivity index (χ4v) is 4.32. The van der Waals surface area contributed by atoms with Crippen molar-refractivity contribution in [3.63, 3.8) is 0 Å². The Morgan fingerprint density at radius 1 is 1.09 bits per heavy atom. The first kappa shape index (κ1) is 22.9. The standard InChI is InChI=1S/C23H19FN4O5S/c1-33-21-11-8-16(12-20(21)27-34(31,32)17-9-6-15(24)7-10-17)26-22(29)13-28-14-25-19-5-3-2-4-18(19)23(28)30/h2-12,14,27H,13H2,1H3,(H,26,29). The van der Waals surface area contributed by atoms with Gasteiger partial charge in [0.15, 0.2) is 0 Å². The van der Waals surface area contributed by atoms with Crippen LogP contribution >= 0.6 is 0 Å². The number of sulfonamides is 1. The molecule has 0 unspecified atom stereocenters. The Bertz CT molecular complexity index is 1540. The molecule has 1 aromatic heterocycles. The molecule has 0 bridgehead atoms. The molecule has 1 heterocycles. The summed E-state index contributed by atoms with van der Waals surface area (Å²) in [6.45, 7) is -0.292. The number of methoxy groups -OCH3 is 1. The maximum atomic E-state index is 13.2. The van der Waals surface area contributed by atoms with E-state index in [1.165, 1.54) is 36.2 Å². The van der Waals surface area contributed by atoms with Crippen LogP contribution in [0.5, 0.6) is 5.75 Å². The van der Waals surface area contributed by atoms with Crippen LogP contribution in [0.4, 0.5) is 15.8 Å². The Balaban J connectivity index is 1.54. The highest BCUT2D eigenvalue weighted by Gasteiger charge is 2.18. The summed E-state index contributed by atoms with van der Waals surface area (Å²) < 4.78 is 47.3. The fourth-order valence-electron chi connectivity index (χ4n) is 3.26. The summed E-state index contributed by atoms with van der Waals surface area (Å²) >= 11 is 0.